The number of carbonyl (C=O) groups excluding carboxylic acids is 1. The molecule has 0 radical (unpaired) electrons. The van der Waals surface area contributed by atoms with Crippen LogP contribution in [0.1, 0.15) is 38.0 Å². The lowest BCUT2D eigenvalue weighted by atomic mass is 9.86. The van der Waals surface area contributed by atoms with E-state index in [4.69, 9.17) is 10.5 Å². The second kappa shape index (κ2) is 7.54. The largest absolute Gasteiger partial charge is 0.387 e. The molecular weight excluding hydrogens is 268 g/mol. The van der Waals surface area contributed by atoms with Gasteiger partial charge in [0.05, 0.1) is 12.7 Å². The van der Waals surface area contributed by atoms with Crippen LogP contribution in [0.2, 0.25) is 0 Å². The summed E-state index contributed by atoms with van der Waals surface area (Å²) < 4.78 is 4.81. The highest BCUT2D eigenvalue weighted by Gasteiger charge is 2.17. The van der Waals surface area contributed by atoms with Gasteiger partial charge in [0.2, 0.25) is 5.91 Å². The normalized spacial score (nSPS) is 14.6. The van der Waals surface area contributed by atoms with E-state index in [1.165, 1.54) is 12.7 Å². The highest BCUT2D eigenvalue weighted by molar-refractivity contribution is 5.81. The first kappa shape index (κ1) is 17.6. The Morgan fingerprint density at radius 1 is 1.33 bits per heavy atom. The molecule has 0 saturated heterocycles. The summed E-state index contributed by atoms with van der Waals surface area (Å²) in [5.74, 6) is -0.331. The number of carbonyl (C=O) groups is 1. The number of nitrogens with two attached hydrogens (primary N) is 1. The molecule has 0 aromatic heterocycles. The summed E-state index contributed by atoms with van der Waals surface area (Å²) >= 11 is 0. The van der Waals surface area contributed by atoms with Crippen molar-refractivity contribution in [2.24, 2.45) is 5.73 Å². The summed E-state index contributed by atoms with van der Waals surface area (Å²) in [5.41, 5.74) is 7.64. The number of hydrogen-bond donors (Lipinski definition) is 3. The Bertz CT molecular complexity index is 452. The Hall–Kier alpha value is -1.43. The van der Waals surface area contributed by atoms with Gasteiger partial charge in [-0.15, -0.1) is 0 Å². The number of ether oxygens (including phenoxy) is 1. The lowest BCUT2D eigenvalue weighted by molar-refractivity contribution is -0.123. The van der Waals surface area contributed by atoms with Crippen LogP contribution in [0.4, 0.5) is 0 Å². The van der Waals surface area contributed by atoms with Crippen LogP contribution in [-0.2, 0) is 14.9 Å². The van der Waals surface area contributed by atoms with Crippen LogP contribution in [0.5, 0.6) is 0 Å². The Morgan fingerprint density at radius 3 is 2.38 bits per heavy atom. The molecule has 0 bridgehead atoms. The van der Waals surface area contributed by atoms with Crippen LogP contribution in [0.3, 0.4) is 0 Å². The molecule has 2 atom stereocenters. The molecule has 1 aromatic rings. The fourth-order valence-electron chi connectivity index (χ4n) is 1.91. The van der Waals surface area contributed by atoms with Gasteiger partial charge < -0.3 is 20.9 Å². The van der Waals surface area contributed by atoms with Gasteiger partial charge in [0, 0.05) is 13.7 Å². The smallest absolute Gasteiger partial charge is 0.239 e. The van der Waals surface area contributed by atoms with Crippen LogP contribution in [0, 0.1) is 0 Å². The molecule has 5 heteroatoms. The molecule has 0 heterocycles. The number of methoxy groups -OCH3 is 1. The molecule has 1 rings (SSSR count). The first-order valence-electron chi connectivity index (χ1n) is 7.06. The molecule has 0 fully saturated rings. The van der Waals surface area contributed by atoms with Crippen molar-refractivity contribution in [1.82, 2.24) is 5.32 Å². The van der Waals surface area contributed by atoms with Gasteiger partial charge in [0.1, 0.15) is 6.04 Å². The minimum Gasteiger partial charge on any atom is -0.387 e. The molecule has 5 nitrogen and oxygen atoms in total. The molecule has 0 saturated carbocycles. The average molecular weight is 294 g/mol. The van der Waals surface area contributed by atoms with Crippen LogP contribution in [0.25, 0.3) is 0 Å². The van der Waals surface area contributed by atoms with E-state index in [-0.39, 0.29) is 24.5 Å². The topological polar surface area (TPSA) is 84.6 Å². The minimum atomic E-state index is -0.752. The Labute approximate surface area is 126 Å². The third-order valence-electron chi connectivity index (χ3n) is 3.31. The molecular formula is C16H26N2O3. The van der Waals surface area contributed by atoms with E-state index in [9.17, 15) is 9.90 Å². The van der Waals surface area contributed by atoms with Crippen molar-refractivity contribution in [3.8, 4) is 0 Å². The standard InChI is InChI=1S/C16H26N2O3/c1-16(2,3)12-7-5-11(6-8-12)14(19)9-18-15(20)13(17)10-21-4/h5-8,13-14,19H,9-10,17H2,1-4H3,(H,18,20). The number of aliphatic hydroxyl groups excluding tert-OH is 1. The summed E-state index contributed by atoms with van der Waals surface area (Å²) in [6.07, 6.45) is -0.752. The van der Waals surface area contributed by atoms with E-state index in [1.807, 2.05) is 24.3 Å². The molecule has 0 aliphatic rings. The van der Waals surface area contributed by atoms with Gasteiger partial charge in [-0.1, -0.05) is 45.0 Å². The molecule has 2 unspecified atom stereocenters. The molecule has 21 heavy (non-hydrogen) atoms. The SMILES string of the molecule is COCC(N)C(=O)NCC(O)c1ccc(C(C)(C)C)cc1. The zero-order chi connectivity index (χ0) is 16.0. The maximum Gasteiger partial charge on any atom is 0.239 e. The first-order valence-corrected chi connectivity index (χ1v) is 7.06. The average Bonchev–Trinajstić information content (AvgIpc) is 2.43. The Kier molecular flexibility index (Phi) is 6.33. The second-order valence-corrected chi connectivity index (χ2v) is 6.19. The van der Waals surface area contributed by atoms with Gasteiger partial charge in [-0.05, 0) is 16.5 Å². The van der Waals surface area contributed by atoms with Crippen LogP contribution in [0.15, 0.2) is 24.3 Å². The molecule has 0 aliphatic carbocycles. The maximum atomic E-state index is 11.6. The summed E-state index contributed by atoms with van der Waals surface area (Å²) in [6, 6.07) is 7.04. The fourth-order valence-corrected chi connectivity index (χ4v) is 1.91. The predicted octanol–water partition coefficient (Wildman–Crippen LogP) is 1.11. The molecule has 0 spiro atoms. The van der Waals surface area contributed by atoms with E-state index < -0.39 is 12.1 Å². The third-order valence-corrected chi connectivity index (χ3v) is 3.31. The number of benzene rings is 1. The van der Waals surface area contributed by atoms with Crippen molar-refractivity contribution < 1.29 is 14.6 Å². The van der Waals surface area contributed by atoms with Crippen molar-refractivity contribution in [2.45, 2.75) is 38.3 Å². The number of hydrogen-bond acceptors (Lipinski definition) is 4. The molecule has 4 N–H and O–H groups in total. The first-order chi connectivity index (χ1) is 9.75. The van der Waals surface area contributed by atoms with Crippen molar-refractivity contribution in [2.75, 3.05) is 20.3 Å². The molecule has 1 amide bonds. The zero-order valence-electron chi connectivity index (χ0n) is 13.2. The van der Waals surface area contributed by atoms with E-state index in [1.54, 1.807) is 0 Å². The maximum absolute atomic E-state index is 11.6. The molecule has 118 valence electrons. The highest BCUT2D eigenvalue weighted by Crippen LogP contribution is 2.23. The van der Waals surface area contributed by atoms with Crippen LogP contribution in [-0.4, -0.2) is 37.3 Å². The minimum absolute atomic E-state index is 0.0740. The van der Waals surface area contributed by atoms with Crippen molar-refractivity contribution in [3.05, 3.63) is 35.4 Å². The van der Waals surface area contributed by atoms with E-state index >= 15 is 0 Å². The van der Waals surface area contributed by atoms with Crippen molar-refractivity contribution in [3.63, 3.8) is 0 Å². The van der Waals surface area contributed by atoms with Gasteiger partial charge in [0.15, 0.2) is 0 Å². The molecule has 0 aliphatic heterocycles. The number of aliphatic hydroxyl groups is 1. The van der Waals surface area contributed by atoms with Gasteiger partial charge in [-0.3, -0.25) is 4.79 Å². The highest BCUT2D eigenvalue weighted by atomic mass is 16.5. The number of amides is 1. The number of nitrogens with one attached hydrogen (secondary N) is 1. The van der Waals surface area contributed by atoms with Crippen LogP contribution < -0.4 is 11.1 Å². The quantitative estimate of drug-likeness (QED) is 0.733. The monoisotopic (exact) mass is 294 g/mol. The Morgan fingerprint density at radius 2 is 1.90 bits per heavy atom. The van der Waals surface area contributed by atoms with Gasteiger partial charge in [0.25, 0.3) is 0 Å². The second-order valence-electron chi connectivity index (χ2n) is 6.19. The van der Waals surface area contributed by atoms with E-state index in [0.717, 1.165) is 5.56 Å². The fraction of sp³-hybridized carbons (Fsp3) is 0.562. The summed E-state index contributed by atoms with van der Waals surface area (Å²) in [4.78, 5) is 11.6. The lowest BCUT2D eigenvalue weighted by Crippen LogP contribution is -2.44. The third kappa shape index (κ3) is 5.46. The summed E-state index contributed by atoms with van der Waals surface area (Å²) in [7, 11) is 1.48. The Balaban J connectivity index is 2.56. The van der Waals surface area contributed by atoms with Crippen LogP contribution >= 0.6 is 0 Å². The van der Waals surface area contributed by atoms with E-state index in [0.29, 0.717) is 0 Å². The summed E-state index contributed by atoms with van der Waals surface area (Å²) in [5, 5.41) is 12.7. The van der Waals surface area contributed by atoms with Gasteiger partial charge in [-0.25, -0.2) is 0 Å². The van der Waals surface area contributed by atoms with Gasteiger partial charge in [-0.2, -0.15) is 0 Å². The van der Waals surface area contributed by atoms with Gasteiger partial charge >= 0.3 is 0 Å². The van der Waals surface area contributed by atoms with Crippen molar-refractivity contribution in [1.29, 1.82) is 0 Å². The van der Waals surface area contributed by atoms with E-state index in [2.05, 4.69) is 26.1 Å². The molecule has 1 aromatic carbocycles. The van der Waals surface area contributed by atoms with Crippen molar-refractivity contribution >= 4 is 5.91 Å². The predicted molar refractivity (Wildman–Crippen MR) is 83.0 cm³/mol. The lowest BCUT2D eigenvalue weighted by Gasteiger charge is -2.20. The summed E-state index contributed by atoms with van der Waals surface area (Å²) in [6.45, 7) is 6.69. The number of rotatable bonds is 6. The zero-order valence-corrected chi connectivity index (χ0v) is 13.2.